The molecule has 1 aromatic carbocycles. The van der Waals surface area contributed by atoms with Crippen LogP contribution in [0.15, 0.2) is 30.3 Å². The molecule has 6 heteroatoms. The second kappa shape index (κ2) is 5.76. The summed E-state index contributed by atoms with van der Waals surface area (Å²) < 4.78 is 5.49. The minimum Gasteiger partial charge on any atom is -0.439 e. The first kappa shape index (κ1) is 13.4. The number of hydrogen-bond donors (Lipinski definition) is 1. The number of benzene rings is 1. The molecule has 3 nitrogen and oxygen atoms in total. The fourth-order valence-corrected chi connectivity index (χ4v) is 2.01. The van der Waals surface area contributed by atoms with Gasteiger partial charge in [-0.05, 0) is 24.3 Å². The van der Waals surface area contributed by atoms with Crippen LogP contribution in [0.3, 0.4) is 0 Å². The first-order valence-electron chi connectivity index (χ1n) is 4.98. The van der Waals surface area contributed by atoms with E-state index in [1.165, 1.54) is 0 Å². The minimum atomic E-state index is -0.258. The number of aliphatic hydroxyl groups is 1. The van der Waals surface area contributed by atoms with Gasteiger partial charge in [-0.3, -0.25) is 0 Å². The first-order chi connectivity index (χ1) is 8.58. The van der Waals surface area contributed by atoms with Crippen molar-refractivity contribution in [2.75, 3.05) is 0 Å². The zero-order valence-electron chi connectivity index (χ0n) is 9.03. The first-order valence-corrected chi connectivity index (χ1v) is 6.12. The molecule has 1 N–H and O–H groups in total. The summed E-state index contributed by atoms with van der Waals surface area (Å²) in [7, 11) is 0. The van der Waals surface area contributed by atoms with Crippen LogP contribution in [-0.2, 0) is 6.61 Å². The Morgan fingerprint density at radius 3 is 2.33 bits per heavy atom. The van der Waals surface area contributed by atoms with Crippen molar-refractivity contribution in [3.05, 3.63) is 51.1 Å². The van der Waals surface area contributed by atoms with Gasteiger partial charge in [-0.15, -0.1) is 0 Å². The molecule has 1 aromatic heterocycles. The molecular formula is C12H8Cl3NO2. The highest BCUT2D eigenvalue weighted by molar-refractivity contribution is 6.34. The van der Waals surface area contributed by atoms with E-state index in [1.54, 1.807) is 30.3 Å². The van der Waals surface area contributed by atoms with Gasteiger partial charge in [0, 0.05) is 16.1 Å². The Morgan fingerprint density at radius 1 is 1.06 bits per heavy atom. The van der Waals surface area contributed by atoms with E-state index >= 15 is 0 Å². The van der Waals surface area contributed by atoms with Crippen LogP contribution in [0.2, 0.25) is 15.1 Å². The number of halogens is 3. The summed E-state index contributed by atoms with van der Waals surface area (Å²) in [5.41, 5.74) is 0.349. The van der Waals surface area contributed by atoms with Crippen molar-refractivity contribution in [2.45, 2.75) is 6.61 Å². The van der Waals surface area contributed by atoms with E-state index in [4.69, 9.17) is 44.6 Å². The Balaban J connectivity index is 2.28. The van der Waals surface area contributed by atoms with Crippen molar-refractivity contribution in [2.24, 2.45) is 0 Å². The number of ether oxygens (including phenoxy) is 1. The Morgan fingerprint density at radius 2 is 1.72 bits per heavy atom. The number of hydrogen-bond acceptors (Lipinski definition) is 3. The standard InChI is InChI=1S/C12H8Cl3NO2/c13-7-3-8(14)5-9(4-7)18-12-2-1-10(15)11(6-17)16-12/h1-5,17H,6H2. The van der Waals surface area contributed by atoms with Gasteiger partial charge in [0.25, 0.3) is 0 Å². The smallest absolute Gasteiger partial charge is 0.219 e. The minimum absolute atomic E-state index is 0.258. The molecule has 2 aromatic rings. The molecule has 0 aliphatic rings. The van der Waals surface area contributed by atoms with E-state index in [2.05, 4.69) is 4.98 Å². The summed E-state index contributed by atoms with van der Waals surface area (Å²) in [5, 5.41) is 10.4. The predicted molar refractivity (Wildman–Crippen MR) is 71.7 cm³/mol. The van der Waals surface area contributed by atoms with Crippen molar-refractivity contribution in [3.8, 4) is 11.6 Å². The average molecular weight is 305 g/mol. The van der Waals surface area contributed by atoms with Gasteiger partial charge < -0.3 is 9.84 Å². The highest BCUT2D eigenvalue weighted by Gasteiger charge is 2.06. The summed E-state index contributed by atoms with van der Waals surface area (Å²) in [6.07, 6.45) is 0. The largest absolute Gasteiger partial charge is 0.439 e. The lowest BCUT2D eigenvalue weighted by atomic mass is 10.3. The lowest BCUT2D eigenvalue weighted by Crippen LogP contribution is -1.94. The van der Waals surface area contributed by atoms with Crippen LogP contribution in [0.25, 0.3) is 0 Å². The van der Waals surface area contributed by atoms with E-state index < -0.39 is 0 Å². The molecule has 0 bridgehead atoms. The molecule has 94 valence electrons. The van der Waals surface area contributed by atoms with Gasteiger partial charge in [0.1, 0.15) is 5.75 Å². The summed E-state index contributed by atoms with van der Waals surface area (Å²) in [6, 6.07) is 8.02. The molecule has 0 amide bonds. The van der Waals surface area contributed by atoms with Crippen molar-refractivity contribution in [1.29, 1.82) is 0 Å². The Kier molecular flexibility index (Phi) is 4.30. The number of nitrogens with zero attached hydrogens (tertiary/aromatic N) is 1. The SMILES string of the molecule is OCc1nc(Oc2cc(Cl)cc(Cl)c2)ccc1Cl. The summed E-state index contributed by atoms with van der Waals surface area (Å²) in [4.78, 5) is 4.06. The topological polar surface area (TPSA) is 42.4 Å². The maximum atomic E-state index is 9.05. The Bertz CT molecular complexity index is 555. The normalized spacial score (nSPS) is 10.4. The second-order valence-electron chi connectivity index (χ2n) is 3.44. The molecule has 0 aliphatic heterocycles. The number of aliphatic hydroxyl groups excluding tert-OH is 1. The van der Waals surface area contributed by atoms with Crippen LogP contribution in [-0.4, -0.2) is 10.1 Å². The zero-order chi connectivity index (χ0) is 13.1. The summed E-state index contributed by atoms with van der Waals surface area (Å²) in [5.74, 6) is 0.771. The molecule has 0 radical (unpaired) electrons. The van der Waals surface area contributed by atoms with Gasteiger partial charge in [0.2, 0.25) is 5.88 Å². The van der Waals surface area contributed by atoms with Crippen LogP contribution in [0, 0.1) is 0 Å². The molecule has 0 atom stereocenters. The monoisotopic (exact) mass is 303 g/mol. The van der Waals surface area contributed by atoms with Crippen LogP contribution in [0.4, 0.5) is 0 Å². The van der Waals surface area contributed by atoms with Gasteiger partial charge in [0.15, 0.2) is 0 Å². The molecule has 0 spiro atoms. The maximum absolute atomic E-state index is 9.05. The second-order valence-corrected chi connectivity index (χ2v) is 4.72. The average Bonchev–Trinajstić information content (AvgIpc) is 2.30. The van der Waals surface area contributed by atoms with Crippen LogP contribution in [0.5, 0.6) is 11.6 Å². The van der Waals surface area contributed by atoms with E-state index in [-0.39, 0.29) is 6.61 Å². The molecule has 2 rings (SSSR count). The van der Waals surface area contributed by atoms with Crippen molar-refractivity contribution in [1.82, 2.24) is 4.98 Å². The van der Waals surface area contributed by atoms with Crippen LogP contribution < -0.4 is 4.74 Å². The van der Waals surface area contributed by atoms with E-state index in [9.17, 15) is 0 Å². The van der Waals surface area contributed by atoms with Gasteiger partial charge in [0.05, 0.1) is 17.3 Å². The molecule has 1 heterocycles. The van der Waals surface area contributed by atoms with Gasteiger partial charge in [-0.2, -0.15) is 0 Å². The molecule has 0 saturated heterocycles. The molecular weight excluding hydrogens is 296 g/mol. The third kappa shape index (κ3) is 3.27. The Labute approximate surface area is 119 Å². The number of aromatic nitrogens is 1. The van der Waals surface area contributed by atoms with Gasteiger partial charge in [-0.1, -0.05) is 34.8 Å². The van der Waals surface area contributed by atoms with Crippen LogP contribution in [0.1, 0.15) is 5.69 Å². The molecule has 0 aliphatic carbocycles. The number of pyridine rings is 1. The zero-order valence-corrected chi connectivity index (χ0v) is 11.3. The lowest BCUT2D eigenvalue weighted by molar-refractivity contribution is 0.275. The highest BCUT2D eigenvalue weighted by atomic mass is 35.5. The lowest BCUT2D eigenvalue weighted by Gasteiger charge is -2.07. The fourth-order valence-electron chi connectivity index (χ4n) is 1.34. The summed E-state index contributed by atoms with van der Waals surface area (Å²) in [6.45, 7) is -0.258. The molecule has 0 unspecified atom stereocenters. The summed E-state index contributed by atoms with van der Waals surface area (Å²) >= 11 is 17.5. The van der Waals surface area contributed by atoms with Gasteiger partial charge in [-0.25, -0.2) is 4.98 Å². The van der Waals surface area contributed by atoms with E-state index in [0.29, 0.717) is 32.4 Å². The predicted octanol–water partition coefficient (Wildman–Crippen LogP) is 4.33. The highest BCUT2D eigenvalue weighted by Crippen LogP contribution is 2.28. The third-order valence-corrected chi connectivity index (χ3v) is 2.88. The van der Waals surface area contributed by atoms with Crippen molar-refractivity contribution < 1.29 is 9.84 Å². The Hall–Kier alpha value is -1.000. The number of rotatable bonds is 3. The van der Waals surface area contributed by atoms with Gasteiger partial charge >= 0.3 is 0 Å². The van der Waals surface area contributed by atoms with E-state index in [1.807, 2.05) is 0 Å². The molecule has 18 heavy (non-hydrogen) atoms. The third-order valence-electron chi connectivity index (χ3n) is 2.10. The quantitative estimate of drug-likeness (QED) is 0.918. The van der Waals surface area contributed by atoms with Crippen LogP contribution >= 0.6 is 34.8 Å². The van der Waals surface area contributed by atoms with Crippen molar-refractivity contribution >= 4 is 34.8 Å². The molecule has 0 fully saturated rings. The maximum Gasteiger partial charge on any atom is 0.219 e. The van der Waals surface area contributed by atoms with E-state index in [0.717, 1.165) is 0 Å². The molecule has 0 saturated carbocycles. The fraction of sp³-hybridized carbons (Fsp3) is 0.0833. The van der Waals surface area contributed by atoms with Crippen molar-refractivity contribution in [3.63, 3.8) is 0 Å².